The van der Waals surface area contributed by atoms with Crippen molar-refractivity contribution in [3.05, 3.63) is 52.7 Å². The Morgan fingerprint density at radius 3 is 2.84 bits per heavy atom. The number of halogens is 1. The third kappa shape index (κ3) is 3.59. The van der Waals surface area contributed by atoms with Crippen molar-refractivity contribution in [3.8, 4) is 0 Å². The van der Waals surface area contributed by atoms with Crippen molar-refractivity contribution in [2.24, 2.45) is 0 Å². The number of nitrogens with zero attached hydrogens (tertiary/aromatic N) is 4. The summed E-state index contributed by atoms with van der Waals surface area (Å²) in [5.41, 5.74) is 3.63. The molecule has 1 aromatic carbocycles. The summed E-state index contributed by atoms with van der Waals surface area (Å²) in [5, 5.41) is 15.7. The third-order valence-electron chi connectivity index (χ3n) is 5.84. The SMILES string of the molecule is Cc1nnc2sc3c(NCc4ccc(F)c(C(=O)NC5CCC5)c4)ncnc3c2c1C. The number of rotatable bonds is 5. The van der Waals surface area contributed by atoms with Crippen LogP contribution in [0.25, 0.3) is 20.4 Å². The summed E-state index contributed by atoms with van der Waals surface area (Å²) in [6.07, 6.45) is 4.54. The Labute approximate surface area is 182 Å². The minimum absolute atomic E-state index is 0.0715. The smallest absolute Gasteiger partial charge is 0.254 e. The van der Waals surface area contributed by atoms with Gasteiger partial charge in [0.2, 0.25) is 0 Å². The second kappa shape index (κ2) is 7.81. The summed E-state index contributed by atoms with van der Waals surface area (Å²) in [6, 6.07) is 4.76. The molecule has 1 fully saturated rings. The summed E-state index contributed by atoms with van der Waals surface area (Å²) < 4.78 is 15.1. The molecule has 1 aliphatic carbocycles. The van der Waals surface area contributed by atoms with E-state index in [1.54, 1.807) is 12.1 Å². The molecule has 1 aliphatic rings. The highest BCUT2D eigenvalue weighted by Crippen LogP contribution is 2.36. The first kappa shape index (κ1) is 19.7. The van der Waals surface area contributed by atoms with E-state index in [-0.39, 0.29) is 17.5 Å². The Balaban J connectivity index is 1.41. The number of thiophene rings is 1. The Morgan fingerprint density at radius 1 is 1.23 bits per heavy atom. The van der Waals surface area contributed by atoms with E-state index in [1.807, 2.05) is 13.8 Å². The zero-order chi connectivity index (χ0) is 21.5. The zero-order valence-electron chi connectivity index (χ0n) is 17.2. The summed E-state index contributed by atoms with van der Waals surface area (Å²) in [5.74, 6) is -0.198. The van der Waals surface area contributed by atoms with Crippen LogP contribution in [-0.4, -0.2) is 32.1 Å². The van der Waals surface area contributed by atoms with Gasteiger partial charge in [-0.1, -0.05) is 6.07 Å². The molecule has 2 N–H and O–H groups in total. The lowest BCUT2D eigenvalue weighted by Gasteiger charge is -2.26. The van der Waals surface area contributed by atoms with Gasteiger partial charge in [-0.25, -0.2) is 14.4 Å². The quantitative estimate of drug-likeness (QED) is 0.485. The molecular formula is C22H21FN6OS. The molecule has 0 unspecified atom stereocenters. The van der Waals surface area contributed by atoms with Gasteiger partial charge >= 0.3 is 0 Å². The minimum Gasteiger partial charge on any atom is -0.365 e. The number of aromatic nitrogens is 4. The van der Waals surface area contributed by atoms with Gasteiger partial charge in [-0.2, -0.15) is 5.10 Å². The number of fused-ring (bicyclic) bond motifs is 3. The molecule has 1 saturated carbocycles. The number of aryl methyl sites for hydroxylation is 2. The summed E-state index contributed by atoms with van der Waals surface area (Å²) >= 11 is 1.49. The van der Waals surface area contributed by atoms with Crippen molar-refractivity contribution in [2.45, 2.75) is 45.7 Å². The molecule has 31 heavy (non-hydrogen) atoms. The monoisotopic (exact) mass is 436 g/mol. The number of anilines is 1. The number of nitrogens with one attached hydrogen (secondary N) is 2. The summed E-state index contributed by atoms with van der Waals surface area (Å²) in [6.45, 7) is 4.34. The highest BCUT2D eigenvalue weighted by molar-refractivity contribution is 7.25. The van der Waals surface area contributed by atoms with Gasteiger partial charge in [-0.05, 0) is 56.4 Å². The van der Waals surface area contributed by atoms with Gasteiger partial charge in [0.15, 0.2) is 0 Å². The van der Waals surface area contributed by atoms with Crippen molar-refractivity contribution in [1.82, 2.24) is 25.5 Å². The molecule has 3 heterocycles. The molecule has 158 valence electrons. The first-order valence-electron chi connectivity index (χ1n) is 10.2. The first-order valence-corrected chi connectivity index (χ1v) is 11.0. The second-order valence-electron chi connectivity index (χ2n) is 7.86. The standard InChI is InChI=1S/C22H21FN6OS/c1-11-12(2)28-29-22-17(11)18-19(31-22)20(26-10-25-18)24-9-13-6-7-16(23)15(8-13)21(30)27-14-4-3-5-14/h6-8,10,14H,3-5,9H2,1-2H3,(H,27,30)(H,24,25,26). The molecule has 7 nitrogen and oxygen atoms in total. The Bertz CT molecular complexity index is 1320. The van der Waals surface area contributed by atoms with Crippen LogP contribution in [-0.2, 0) is 6.54 Å². The van der Waals surface area contributed by atoms with Gasteiger partial charge in [-0.3, -0.25) is 4.79 Å². The van der Waals surface area contributed by atoms with Crippen LogP contribution in [0, 0.1) is 19.7 Å². The zero-order valence-corrected chi connectivity index (χ0v) is 18.0. The predicted molar refractivity (Wildman–Crippen MR) is 119 cm³/mol. The van der Waals surface area contributed by atoms with Crippen molar-refractivity contribution < 1.29 is 9.18 Å². The van der Waals surface area contributed by atoms with Crippen LogP contribution in [0.15, 0.2) is 24.5 Å². The Morgan fingerprint density at radius 2 is 2.06 bits per heavy atom. The number of carbonyl (C=O) groups is 1. The van der Waals surface area contributed by atoms with Crippen LogP contribution in [0.1, 0.15) is 46.4 Å². The largest absolute Gasteiger partial charge is 0.365 e. The molecule has 1 amide bonds. The van der Waals surface area contributed by atoms with Gasteiger partial charge in [0.25, 0.3) is 5.91 Å². The highest BCUT2D eigenvalue weighted by atomic mass is 32.1. The maximum Gasteiger partial charge on any atom is 0.254 e. The molecule has 0 radical (unpaired) electrons. The minimum atomic E-state index is -0.515. The fourth-order valence-electron chi connectivity index (χ4n) is 3.67. The van der Waals surface area contributed by atoms with E-state index in [2.05, 4.69) is 30.8 Å². The Kier molecular flexibility index (Phi) is 4.97. The van der Waals surface area contributed by atoms with E-state index in [0.29, 0.717) is 12.4 Å². The molecule has 9 heteroatoms. The van der Waals surface area contributed by atoms with Gasteiger partial charge in [-0.15, -0.1) is 16.4 Å². The number of hydrogen-bond acceptors (Lipinski definition) is 7. The fourth-order valence-corrected chi connectivity index (χ4v) is 4.77. The van der Waals surface area contributed by atoms with Crippen LogP contribution < -0.4 is 10.6 Å². The molecule has 5 rings (SSSR count). The van der Waals surface area contributed by atoms with Crippen LogP contribution in [0.2, 0.25) is 0 Å². The summed E-state index contributed by atoms with van der Waals surface area (Å²) in [4.78, 5) is 22.1. The maximum atomic E-state index is 14.2. The van der Waals surface area contributed by atoms with E-state index in [0.717, 1.165) is 56.5 Å². The summed E-state index contributed by atoms with van der Waals surface area (Å²) in [7, 11) is 0. The number of hydrogen-bond donors (Lipinski definition) is 2. The van der Waals surface area contributed by atoms with Crippen LogP contribution in [0.5, 0.6) is 0 Å². The lowest BCUT2D eigenvalue weighted by molar-refractivity contribution is 0.0912. The first-order chi connectivity index (χ1) is 15.0. The fraction of sp³-hybridized carbons (Fsp3) is 0.318. The molecule has 3 aromatic heterocycles. The van der Waals surface area contributed by atoms with Gasteiger partial charge in [0.1, 0.15) is 22.8 Å². The number of amides is 1. The molecule has 0 spiro atoms. The third-order valence-corrected chi connectivity index (χ3v) is 6.91. The van der Waals surface area contributed by atoms with E-state index >= 15 is 0 Å². The van der Waals surface area contributed by atoms with Gasteiger partial charge < -0.3 is 10.6 Å². The van der Waals surface area contributed by atoms with Crippen molar-refractivity contribution in [2.75, 3.05) is 5.32 Å². The molecule has 0 aliphatic heterocycles. The molecule has 0 bridgehead atoms. The molecule has 0 saturated heterocycles. The highest BCUT2D eigenvalue weighted by Gasteiger charge is 2.22. The van der Waals surface area contributed by atoms with E-state index in [9.17, 15) is 9.18 Å². The van der Waals surface area contributed by atoms with Crippen molar-refractivity contribution >= 4 is 43.5 Å². The maximum absolute atomic E-state index is 14.2. The lowest BCUT2D eigenvalue weighted by Crippen LogP contribution is -2.39. The van der Waals surface area contributed by atoms with Crippen LogP contribution >= 0.6 is 11.3 Å². The normalized spacial score (nSPS) is 14.0. The van der Waals surface area contributed by atoms with Crippen molar-refractivity contribution in [1.29, 1.82) is 0 Å². The topological polar surface area (TPSA) is 92.7 Å². The Hall–Kier alpha value is -3.20. The molecular weight excluding hydrogens is 415 g/mol. The van der Waals surface area contributed by atoms with Crippen LogP contribution in [0.3, 0.4) is 0 Å². The van der Waals surface area contributed by atoms with Gasteiger partial charge in [0, 0.05) is 18.0 Å². The molecule has 0 atom stereocenters. The van der Waals surface area contributed by atoms with E-state index in [1.165, 1.54) is 23.7 Å². The number of benzene rings is 1. The average molecular weight is 437 g/mol. The van der Waals surface area contributed by atoms with E-state index < -0.39 is 5.82 Å². The average Bonchev–Trinajstić information content (AvgIpc) is 3.12. The van der Waals surface area contributed by atoms with Gasteiger partial charge in [0.05, 0.1) is 21.5 Å². The predicted octanol–water partition coefficient (Wildman–Crippen LogP) is 4.28. The van der Waals surface area contributed by atoms with Crippen LogP contribution in [0.4, 0.5) is 10.2 Å². The lowest BCUT2D eigenvalue weighted by atomic mass is 9.93. The van der Waals surface area contributed by atoms with E-state index in [4.69, 9.17) is 0 Å². The number of carbonyl (C=O) groups excluding carboxylic acids is 1. The molecule has 4 aromatic rings. The second-order valence-corrected chi connectivity index (χ2v) is 8.86. The van der Waals surface area contributed by atoms with Crippen molar-refractivity contribution in [3.63, 3.8) is 0 Å².